The van der Waals surface area contributed by atoms with Crippen molar-refractivity contribution in [2.24, 2.45) is 0 Å². The van der Waals surface area contributed by atoms with Gasteiger partial charge in [0.05, 0.1) is 37.5 Å². The minimum Gasteiger partial charge on any atom is -0.491 e. The summed E-state index contributed by atoms with van der Waals surface area (Å²) in [5.41, 5.74) is 2.13. The predicted molar refractivity (Wildman–Crippen MR) is 212 cm³/mol. The summed E-state index contributed by atoms with van der Waals surface area (Å²) in [6.07, 6.45) is 10.9. The summed E-state index contributed by atoms with van der Waals surface area (Å²) < 4.78 is 38.4. The molecule has 0 radical (unpaired) electrons. The molecule has 0 aliphatic carbocycles. The molecule has 0 saturated carbocycles. The van der Waals surface area contributed by atoms with Gasteiger partial charge in [-0.05, 0) is 115 Å². The lowest BCUT2D eigenvalue weighted by Crippen LogP contribution is -2.59. The molecule has 2 aromatic heterocycles. The number of ether oxygens (including phenoxy) is 4. The maximum absolute atomic E-state index is 15.0. The summed E-state index contributed by atoms with van der Waals surface area (Å²) in [7, 11) is 0. The van der Waals surface area contributed by atoms with Crippen molar-refractivity contribution in [3.8, 4) is 23.0 Å². The summed E-state index contributed by atoms with van der Waals surface area (Å²) >= 11 is 0. The van der Waals surface area contributed by atoms with E-state index < -0.39 is 5.82 Å². The highest BCUT2D eigenvalue weighted by Gasteiger charge is 2.37. The van der Waals surface area contributed by atoms with Gasteiger partial charge in [0.2, 0.25) is 17.7 Å². The molecule has 296 valence electrons. The van der Waals surface area contributed by atoms with E-state index in [-0.39, 0.29) is 35.8 Å². The van der Waals surface area contributed by atoms with Gasteiger partial charge in [0.25, 0.3) is 0 Å². The van der Waals surface area contributed by atoms with E-state index >= 15 is 0 Å². The van der Waals surface area contributed by atoms with Gasteiger partial charge in [0.15, 0.2) is 11.5 Å². The third kappa shape index (κ3) is 10.7. The Labute approximate surface area is 325 Å². The van der Waals surface area contributed by atoms with Crippen LogP contribution in [0.4, 0.5) is 16.3 Å². The van der Waals surface area contributed by atoms with Crippen LogP contribution in [0, 0.1) is 5.82 Å². The second-order valence-corrected chi connectivity index (χ2v) is 14.7. The number of hydrogen-bond donors (Lipinski definition) is 0. The first-order chi connectivity index (χ1) is 26.7. The molecule has 0 spiro atoms. The fourth-order valence-corrected chi connectivity index (χ4v) is 7.49. The van der Waals surface area contributed by atoms with E-state index in [1.807, 2.05) is 59.7 Å². The Balaban J connectivity index is 1.19. The lowest BCUT2D eigenvalue weighted by atomic mass is 10.0. The minimum absolute atomic E-state index is 0.0744. The van der Waals surface area contributed by atoms with Gasteiger partial charge >= 0.3 is 0 Å². The number of piperidine rings is 2. The van der Waals surface area contributed by atoms with Gasteiger partial charge in [-0.1, -0.05) is 0 Å². The number of benzene rings is 2. The third-order valence-electron chi connectivity index (χ3n) is 9.71. The van der Waals surface area contributed by atoms with E-state index in [1.165, 1.54) is 5.56 Å². The van der Waals surface area contributed by atoms with Crippen molar-refractivity contribution in [2.75, 3.05) is 49.4 Å². The fourth-order valence-electron chi connectivity index (χ4n) is 7.49. The molecule has 55 heavy (non-hydrogen) atoms. The highest BCUT2D eigenvalue weighted by Crippen LogP contribution is 2.33. The van der Waals surface area contributed by atoms with Gasteiger partial charge in [0, 0.05) is 70.1 Å². The molecular weight excluding hydrogens is 700 g/mol. The Bertz CT molecular complexity index is 1720. The average molecular weight is 757 g/mol. The molecule has 2 aromatic carbocycles. The largest absolute Gasteiger partial charge is 0.491 e. The molecule has 0 atom stereocenters. The molecule has 4 heterocycles. The van der Waals surface area contributed by atoms with Crippen molar-refractivity contribution >= 4 is 11.9 Å². The number of hydrazine groups is 1. The summed E-state index contributed by atoms with van der Waals surface area (Å²) in [5, 5.41) is 4.52. The monoisotopic (exact) mass is 756 g/mol. The molecule has 6 rings (SSSR count). The number of anilines is 2. The number of likely N-dealkylation sites (tertiary alicyclic amines) is 2. The van der Waals surface area contributed by atoms with Gasteiger partial charge < -0.3 is 18.9 Å². The summed E-state index contributed by atoms with van der Waals surface area (Å²) in [4.78, 5) is 24.0. The van der Waals surface area contributed by atoms with E-state index in [2.05, 4.69) is 32.0 Å². The zero-order valence-corrected chi connectivity index (χ0v) is 33.2. The van der Waals surface area contributed by atoms with Crippen LogP contribution in [-0.2, 0) is 13.1 Å². The molecule has 2 aliphatic rings. The minimum atomic E-state index is -0.450. The van der Waals surface area contributed by atoms with E-state index in [0.29, 0.717) is 31.7 Å². The molecule has 0 bridgehead atoms. The quantitative estimate of drug-likeness (QED) is 0.101. The lowest BCUT2D eigenvalue weighted by Gasteiger charge is -2.48. The maximum atomic E-state index is 15.0. The van der Waals surface area contributed by atoms with Crippen molar-refractivity contribution in [3.05, 3.63) is 84.2 Å². The molecule has 2 fully saturated rings. The second-order valence-electron chi connectivity index (χ2n) is 14.7. The van der Waals surface area contributed by atoms with Crippen LogP contribution >= 0.6 is 0 Å². The lowest BCUT2D eigenvalue weighted by molar-refractivity contribution is 0.181. The number of halogens is 1. The van der Waals surface area contributed by atoms with Crippen molar-refractivity contribution in [2.45, 2.75) is 105 Å². The van der Waals surface area contributed by atoms with Gasteiger partial charge in [-0.3, -0.25) is 9.80 Å². The molecule has 0 unspecified atom stereocenters. The maximum Gasteiger partial charge on any atom is 0.244 e. The number of nitrogens with zero attached hydrogens (tertiary/aromatic N) is 8. The van der Waals surface area contributed by atoms with Crippen LogP contribution in [-0.4, -0.2) is 93.4 Å². The fraction of sp³-hybridized carbons (Fsp3) is 0.524. The van der Waals surface area contributed by atoms with Gasteiger partial charge in [-0.15, -0.1) is 0 Å². The number of aromatic nitrogens is 4. The Morgan fingerprint density at radius 3 is 1.36 bits per heavy atom. The van der Waals surface area contributed by atoms with Crippen molar-refractivity contribution in [1.29, 1.82) is 0 Å². The molecule has 4 aromatic rings. The van der Waals surface area contributed by atoms with E-state index in [4.69, 9.17) is 38.9 Å². The van der Waals surface area contributed by atoms with Crippen LogP contribution in [0.3, 0.4) is 0 Å². The van der Waals surface area contributed by atoms with Gasteiger partial charge in [0.1, 0.15) is 11.5 Å². The predicted octanol–water partition coefficient (Wildman–Crippen LogP) is 7.33. The molecule has 13 heteroatoms. The van der Waals surface area contributed by atoms with E-state index in [9.17, 15) is 4.39 Å². The van der Waals surface area contributed by atoms with Crippen molar-refractivity contribution in [3.63, 3.8) is 0 Å². The van der Waals surface area contributed by atoms with E-state index in [1.54, 1.807) is 36.9 Å². The Kier molecular flexibility index (Phi) is 13.9. The zero-order chi connectivity index (χ0) is 38.7. The van der Waals surface area contributed by atoms with Gasteiger partial charge in [-0.25, -0.2) is 30.0 Å². The molecule has 2 aliphatic heterocycles. The highest BCUT2D eigenvalue weighted by molar-refractivity contribution is 5.47. The van der Waals surface area contributed by atoms with Crippen LogP contribution in [0.25, 0.3) is 0 Å². The standard InChI is InChI=1S/C42H57FN8O4/c1-7-52-38-25-33(26-39(40(38)43)53-8-2)29-49-21-13-35(14-22-49)51(42-46-17-10-18-47-42)50(41-44-15-9-16-45-41)34-11-19-48(20-12-34)28-32-23-36(54-30(3)4)27-37(24-32)55-31(5)6/h9-10,15-18,23-27,30-31,34-35H,7-8,11-14,19-22,28-29H2,1-6H3. The summed E-state index contributed by atoms with van der Waals surface area (Å²) in [5.74, 6) is 2.95. The van der Waals surface area contributed by atoms with Crippen LogP contribution in [0.1, 0.15) is 78.4 Å². The Hall–Kier alpha value is -4.75. The SMILES string of the molecule is CCOc1cc(CN2CCC(N(c3ncccn3)N(c3ncccn3)C3CCN(Cc4cc(OC(C)C)cc(OC(C)C)c4)CC3)CC2)cc(OCC)c1F. The van der Waals surface area contributed by atoms with Gasteiger partial charge in [-0.2, -0.15) is 4.39 Å². The van der Waals surface area contributed by atoms with Crippen LogP contribution in [0.2, 0.25) is 0 Å². The zero-order valence-electron chi connectivity index (χ0n) is 33.2. The van der Waals surface area contributed by atoms with Crippen molar-refractivity contribution in [1.82, 2.24) is 29.7 Å². The molecule has 12 nitrogen and oxygen atoms in total. The van der Waals surface area contributed by atoms with Crippen molar-refractivity contribution < 1.29 is 23.3 Å². The average Bonchev–Trinajstić information content (AvgIpc) is 3.17. The first kappa shape index (κ1) is 39.9. The topological polar surface area (TPSA) is 101 Å². The Morgan fingerprint density at radius 1 is 0.618 bits per heavy atom. The summed E-state index contributed by atoms with van der Waals surface area (Å²) in [6.45, 7) is 17.6. The first-order valence-corrected chi connectivity index (χ1v) is 19.8. The van der Waals surface area contributed by atoms with Crippen LogP contribution in [0.15, 0.2) is 67.3 Å². The normalized spacial score (nSPS) is 16.0. The van der Waals surface area contributed by atoms with Crippen LogP contribution < -0.4 is 29.0 Å². The molecule has 0 N–H and O–H groups in total. The second kappa shape index (κ2) is 19.2. The molecule has 2 saturated heterocycles. The van der Waals surface area contributed by atoms with E-state index in [0.717, 1.165) is 75.5 Å². The highest BCUT2D eigenvalue weighted by atomic mass is 19.1. The molecule has 0 amide bonds. The molecular formula is C42H57FN8O4. The van der Waals surface area contributed by atoms with Crippen LogP contribution in [0.5, 0.6) is 23.0 Å². The summed E-state index contributed by atoms with van der Waals surface area (Å²) in [6, 6.07) is 13.8. The third-order valence-corrected chi connectivity index (χ3v) is 9.71. The number of hydrogen-bond acceptors (Lipinski definition) is 12. The Morgan fingerprint density at radius 2 is 1.00 bits per heavy atom. The number of rotatable bonds is 17. The first-order valence-electron chi connectivity index (χ1n) is 19.8. The smallest absolute Gasteiger partial charge is 0.244 e.